The van der Waals surface area contributed by atoms with E-state index in [0.717, 1.165) is 24.1 Å². The first-order valence-corrected chi connectivity index (χ1v) is 6.73. The summed E-state index contributed by atoms with van der Waals surface area (Å²) in [6.45, 7) is 2.05. The number of anilines is 1. The number of carbonyl (C=O) groups is 1. The molecule has 1 amide bonds. The average Bonchev–Trinajstić information content (AvgIpc) is 3.14. The Kier molecular flexibility index (Phi) is 3.90. The number of benzene rings is 1. The van der Waals surface area contributed by atoms with Crippen LogP contribution in [0.3, 0.4) is 0 Å². The molecule has 1 N–H and O–H groups in total. The van der Waals surface area contributed by atoms with Gasteiger partial charge in [-0.3, -0.25) is 4.79 Å². The molecule has 1 aromatic rings. The number of hydrogen-bond acceptors (Lipinski definition) is 2. The number of nitrogens with zero attached hydrogens (tertiary/aromatic N) is 1. The molecule has 5 heteroatoms. The van der Waals surface area contributed by atoms with E-state index in [1.165, 1.54) is 6.07 Å². The molecule has 0 unspecified atom stereocenters. The van der Waals surface area contributed by atoms with Crippen LogP contribution in [-0.2, 0) is 4.79 Å². The molecule has 3 nitrogen and oxygen atoms in total. The number of rotatable bonds is 4. The van der Waals surface area contributed by atoms with Crippen LogP contribution in [0.2, 0.25) is 0 Å². The Labute approximate surface area is 114 Å². The predicted octanol–water partition coefficient (Wildman–Crippen LogP) is 2.93. The summed E-state index contributed by atoms with van der Waals surface area (Å²) in [5, 5.41) is 3.06. The summed E-state index contributed by atoms with van der Waals surface area (Å²) in [4.78, 5) is 13.6. The van der Waals surface area contributed by atoms with Crippen molar-refractivity contribution in [1.82, 2.24) is 4.90 Å². The van der Waals surface area contributed by atoms with E-state index in [1.54, 1.807) is 11.0 Å². The number of likely N-dealkylation sites (N-methyl/N-ethyl adjacent to an activating group) is 1. The Hall–Kier alpha value is -1.10. The van der Waals surface area contributed by atoms with Crippen LogP contribution in [0.1, 0.15) is 18.4 Å². The van der Waals surface area contributed by atoms with E-state index in [1.807, 2.05) is 14.0 Å². The lowest BCUT2D eigenvalue weighted by Crippen LogP contribution is -2.33. The summed E-state index contributed by atoms with van der Waals surface area (Å²) in [5.74, 6) is -0.225. The van der Waals surface area contributed by atoms with Crippen LogP contribution in [0.25, 0.3) is 0 Å². The van der Waals surface area contributed by atoms with E-state index in [4.69, 9.17) is 0 Å². The van der Waals surface area contributed by atoms with Crippen LogP contribution in [0.15, 0.2) is 16.6 Å². The van der Waals surface area contributed by atoms with Gasteiger partial charge in [-0.15, -0.1) is 0 Å². The number of nitrogens with one attached hydrogen (secondary N) is 1. The van der Waals surface area contributed by atoms with Crippen molar-refractivity contribution >= 4 is 27.5 Å². The quantitative estimate of drug-likeness (QED) is 0.926. The molecule has 1 aliphatic rings. The Bertz CT molecular complexity index is 474. The van der Waals surface area contributed by atoms with Crippen molar-refractivity contribution in [2.75, 3.05) is 18.9 Å². The van der Waals surface area contributed by atoms with Crippen molar-refractivity contribution in [3.8, 4) is 0 Å². The van der Waals surface area contributed by atoms with Crippen molar-refractivity contribution < 1.29 is 9.18 Å². The number of aryl methyl sites for hydroxylation is 1. The van der Waals surface area contributed by atoms with E-state index in [2.05, 4.69) is 21.2 Å². The highest BCUT2D eigenvalue weighted by molar-refractivity contribution is 9.10. The van der Waals surface area contributed by atoms with Gasteiger partial charge in [0.05, 0.1) is 11.0 Å². The molecule has 0 heterocycles. The summed E-state index contributed by atoms with van der Waals surface area (Å²) in [6, 6.07) is 3.52. The Morgan fingerprint density at radius 3 is 2.83 bits per heavy atom. The maximum atomic E-state index is 13.3. The Morgan fingerprint density at radius 1 is 1.56 bits per heavy atom. The van der Waals surface area contributed by atoms with E-state index in [0.29, 0.717) is 10.5 Å². The largest absolute Gasteiger partial charge is 0.376 e. The van der Waals surface area contributed by atoms with Crippen LogP contribution in [0.4, 0.5) is 10.1 Å². The number of hydrogen-bond donors (Lipinski definition) is 1. The predicted molar refractivity (Wildman–Crippen MR) is 73.1 cm³/mol. The van der Waals surface area contributed by atoms with Gasteiger partial charge < -0.3 is 10.2 Å². The van der Waals surface area contributed by atoms with Crippen LogP contribution >= 0.6 is 15.9 Å². The van der Waals surface area contributed by atoms with E-state index in [-0.39, 0.29) is 18.3 Å². The van der Waals surface area contributed by atoms with Gasteiger partial charge in [0, 0.05) is 18.8 Å². The molecule has 0 aromatic heterocycles. The maximum Gasteiger partial charge on any atom is 0.241 e. The number of amides is 1. The monoisotopic (exact) mass is 314 g/mol. The van der Waals surface area contributed by atoms with Gasteiger partial charge in [-0.25, -0.2) is 4.39 Å². The summed E-state index contributed by atoms with van der Waals surface area (Å²) in [5.41, 5.74) is 1.57. The molecule has 1 aromatic carbocycles. The van der Waals surface area contributed by atoms with Gasteiger partial charge in [-0.2, -0.15) is 0 Å². The molecule has 1 fully saturated rings. The van der Waals surface area contributed by atoms with E-state index >= 15 is 0 Å². The van der Waals surface area contributed by atoms with Crippen LogP contribution in [0, 0.1) is 12.7 Å². The first-order valence-electron chi connectivity index (χ1n) is 5.94. The van der Waals surface area contributed by atoms with Crippen molar-refractivity contribution in [2.24, 2.45) is 0 Å². The molecule has 1 saturated carbocycles. The van der Waals surface area contributed by atoms with Gasteiger partial charge in [0.1, 0.15) is 5.82 Å². The zero-order chi connectivity index (χ0) is 13.3. The zero-order valence-electron chi connectivity index (χ0n) is 10.5. The molecule has 0 aliphatic heterocycles. The molecule has 0 radical (unpaired) electrons. The third-order valence-electron chi connectivity index (χ3n) is 3.19. The molecule has 2 rings (SSSR count). The highest BCUT2D eigenvalue weighted by Gasteiger charge is 2.29. The van der Waals surface area contributed by atoms with Crippen LogP contribution < -0.4 is 5.32 Å². The topological polar surface area (TPSA) is 32.3 Å². The number of halogens is 2. The lowest BCUT2D eigenvalue weighted by atomic mass is 10.2. The molecule has 18 heavy (non-hydrogen) atoms. The normalized spacial score (nSPS) is 14.4. The maximum absolute atomic E-state index is 13.3. The number of carbonyl (C=O) groups excluding carboxylic acids is 1. The second-order valence-corrected chi connectivity index (χ2v) is 5.52. The summed E-state index contributed by atoms with van der Waals surface area (Å²) in [6.07, 6.45) is 2.20. The van der Waals surface area contributed by atoms with E-state index < -0.39 is 0 Å². The molecular formula is C13H16BrFN2O. The second-order valence-electron chi connectivity index (χ2n) is 4.67. The summed E-state index contributed by atoms with van der Waals surface area (Å²) < 4.78 is 13.7. The minimum atomic E-state index is -0.292. The van der Waals surface area contributed by atoms with Gasteiger partial charge in [-0.05, 0) is 53.4 Å². The second kappa shape index (κ2) is 5.26. The highest BCUT2D eigenvalue weighted by atomic mass is 79.9. The van der Waals surface area contributed by atoms with Gasteiger partial charge in [0.15, 0.2) is 0 Å². The highest BCUT2D eigenvalue weighted by Crippen LogP contribution is 2.26. The lowest BCUT2D eigenvalue weighted by molar-refractivity contribution is -0.128. The fourth-order valence-corrected chi connectivity index (χ4v) is 2.14. The molecule has 98 valence electrons. The standard InChI is InChI=1S/C13H16BrFN2O/c1-8-5-11(15)10(14)6-12(8)16-7-13(18)17(2)9-3-4-9/h5-6,9,16H,3-4,7H2,1-2H3. The van der Waals surface area contributed by atoms with Crippen molar-refractivity contribution in [3.05, 3.63) is 28.0 Å². The van der Waals surface area contributed by atoms with Gasteiger partial charge in [0.25, 0.3) is 0 Å². The Balaban J connectivity index is 1.97. The third-order valence-corrected chi connectivity index (χ3v) is 3.79. The van der Waals surface area contributed by atoms with Crippen molar-refractivity contribution in [2.45, 2.75) is 25.8 Å². The molecule has 0 atom stereocenters. The average molecular weight is 315 g/mol. The van der Waals surface area contributed by atoms with Crippen LogP contribution in [0.5, 0.6) is 0 Å². The van der Waals surface area contributed by atoms with Gasteiger partial charge >= 0.3 is 0 Å². The van der Waals surface area contributed by atoms with Gasteiger partial charge in [0.2, 0.25) is 5.91 Å². The lowest BCUT2D eigenvalue weighted by Gasteiger charge is -2.17. The molecule has 0 saturated heterocycles. The zero-order valence-corrected chi connectivity index (χ0v) is 12.1. The first kappa shape index (κ1) is 13.3. The molecule has 0 bridgehead atoms. The minimum Gasteiger partial charge on any atom is -0.376 e. The van der Waals surface area contributed by atoms with Crippen molar-refractivity contribution in [3.63, 3.8) is 0 Å². The summed E-state index contributed by atoms with van der Waals surface area (Å²) in [7, 11) is 1.83. The molecule has 0 spiro atoms. The van der Waals surface area contributed by atoms with Crippen molar-refractivity contribution in [1.29, 1.82) is 0 Å². The first-order chi connectivity index (χ1) is 8.49. The SMILES string of the molecule is Cc1cc(F)c(Br)cc1NCC(=O)N(C)C1CC1. The minimum absolute atomic E-state index is 0.0670. The smallest absolute Gasteiger partial charge is 0.241 e. The Morgan fingerprint density at radius 2 is 2.22 bits per heavy atom. The van der Waals surface area contributed by atoms with Crippen LogP contribution in [-0.4, -0.2) is 30.4 Å². The fraction of sp³-hybridized carbons (Fsp3) is 0.462. The summed E-state index contributed by atoms with van der Waals surface area (Å²) >= 11 is 3.14. The third kappa shape index (κ3) is 3.02. The molecular weight excluding hydrogens is 299 g/mol. The van der Waals surface area contributed by atoms with E-state index in [9.17, 15) is 9.18 Å². The molecule has 1 aliphatic carbocycles. The fourth-order valence-electron chi connectivity index (χ4n) is 1.80. The van der Waals surface area contributed by atoms with Gasteiger partial charge in [-0.1, -0.05) is 0 Å².